The van der Waals surface area contributed by atoms with Crippen LogP contribution in [0.15, 0.2) is 77.7 Å². The molecule has 1 aliphatic heterocycles. The molecule has 0 radical (unpaired) electrons. The highest BCUT2D eigenvalue weighted by molar-refractivity contribution is 7.89. The van der Waals surface area contributed by atoms with Crippen LogP contribution in [-0.4, -0.2) is 38.4 Å². The van der Waals surface area contributed by atoms with E-state index in [9.17, 15) is 13.2 Å². The Bertz CT molecular complexity index is 1270. The topological polar surface area (TPSA) is 78.5 Å². The van der Waals surface area contributed by atoms with Crippen LogP contribution in [0.2, 0.25) is 0 Å². The second-order valence-electron chi connectivity index (χ2n) is 9.30. The smallest absolute Gasteiger partial charge is 0.251 e. The van der Waals surface area contributed by atoms with Crippen LogP contribution in [0, 0.1) is 13.8 Å². The maximum Gasteiger partial charge on any atom is 0.251 e. The Morgan fingerprint density at radius 1 is 0.914 bits per heavy atom. The van der Waals surface area contributed by atoms with Crippen molar-refractivity contribution in [2.75, 3.05) is 13.1 Å². The van der Waals surface area contributed by atoms with Crippen LogP contribution < -0.4 is 10.0 Å². The van der Waals surface area contributed by atoms with Crippen molar-refractivity contribution in [1.82, 2.24) is 14.9 Å². The second-order valence-corrected chi connectivity index (χ2v) is 11.1. The maximum atomic E-state index is 13.1. The summed E-state index contributed by atoms with van der Waals surface area (Å²) in [5, 5.41) is 3.13. The molecule has 3 aromatic rings. The standard InChI is InChI=1S/C28H33N3O3S/c1-21-7-6-10-24(17-21)20-31-15-13-25(14-16-31)30-28(32)27-18-26(12-11-22(27)2)35(33,34)29-19-23-8-4-3-5-9-23/h3-12,17-18,25,29H,13-16,19-20H2,1-2H3,(H,30,32). The summed E-state index contributed by atoms with van der Waals surface area (Å²) >= 11 is 0. The van der Waals surface area contributed by atoms with Gasteiger partial charge in [0.15, 0.2) is 0 Å². The van der Waals surface area contributed by atoms with Crippen LogP contribution in [0.4, 0.5) is 0 Å². The van der Waals surface area contributed by atoms with Crippen molar-refractivity contribution >= 4 is 15.9 Å². The number of benzene rings is 3. The Morgan fingerprint density at radius 2 is 1.63 bits per heavy atom. The van der Waals surface area contributed by atoms with Gasteiger partial charge in [0.25, 0.3) is 5.91 Å². The molecule has 0 atom stereocenters. The molecule has 0 saturated carbocycles. The summed E-state index contributed by atoms with van der Waals surface area (Å²) in [4.78, 5) is 15.6. The van der Waals surface area contributed by atoms with E-state index in [1.165, 1.54) is 17.2 Å². The van der Waals surface area contributed by atoms with Gasteiger partial charge >= 0.3 is 0 Å². The minimum atomic E-state index is -3.74. The zero-order valence-corrected chi connectivity index (χ0v) is 21.1. The summed E-state index contributed by atoms with van der Waals surface area (Å²) in [6.07, 6.45) is 1.74. The first-order valence-electron chi connectivity index (χ1n) is 12.0. The first-order valence-corrected chi connectivity index (χ1v) is 13.5. The number of hydrogen-bond donors (Lipinski definition) is 2. The van der Waals surface area contributed by atoms with E-state index in [1.54, 1.807) is 12.1 Å². The number of nitrogens with zero attached hydrogens (tertiary/aromatic N) is 1. The number of piperidine rings is 1. The van der Waals surface area contributed by atoms with Crippen LogP contribution >= 0.6 is 0 Å². The quantitative estimate of drug-likeness (QED) is 0.496. The lowest BCUT2D eigenvalue weighted by molar-refractivity contribution is 0.0908. The van der Waals surface area contributed by atoms with Crippen molar-refractivity contribution in [3.8, 4) is 0 Å². The lowest BCUT2D eigenvalue weighted by atomic mass is 10.0. The molecule has 3 aromatic carbocycles. The molecular formula is C28H33N3O3S. The van der Waals surface area contributed by atoms with Gasteiger partial charge in [0.1, 0.15) is 0 Å². The van der Waals surface area contributed by atoms with E-state index in [-0.39, 0.29) is 23.4 Å². The summed E-state index contributed by atoms with van der Waals surface area (Å²) < 4.78 is 28.3. The Morgan fingerprint density at radius 3 is 2.34 bits per heavy atom. The van der Waals surface area contributed by atoms with E-state index in [1.807, 2.05) is 37.3 Å². The molecule has 1 aliphatic rings. The molecule has 0 aliphatic carbocycles. The highest BCUT2D eigenvalue weighted by Crippen LogP contribution is 2.19. The van der Waals surface area contributed by atoms with Gasteiger partial charge in [-0.1, -0.05) is 66.2 Å². The number of nitrogens with one attached hydrogen (secondary N) is 2. The molecule has 6 nitrogen and oxygen atoms in total. The van der Waals surface area contributed by atoms with E-state index in [0.717, 1.165) is 43.6 Å². The Hall–Kier alpha value is -3.00. The summed E-state index contributed by atoms with van der Waals surface area (Å²) in [7, 11) is -3.74. The molecule has 1 fully saturated rings. The van der Waals surface area contributed by atoms with Crippen molar-refractivity contribution in [1.29, 1.82) is 0 Å². The van der Waals surface area contributed by atoms with Gasteiger partial charge in [0, 0.05) is 37.8 Å². The number of rotatable bonds is 8. The van der Waals surface area contributed by atoms with Crippen LogP contribution in [0.1, 0.15) is 45.5 Å². The first kappa shape index (κ1) is 25.1. The Labute approximate surface area is 208 Å². The van der Waals surface area contributed by atoms with Gasteiger partial charge in [-0.2, -0.15) is 0 Å². The van der Waals surface area contributed by atoms with Gasteiger partial charge in [-0.05, 0) is 55.5 Å². The maximum absolute atomic E-state index is 13.1. The van der Waals surface area contributed by atoms with E-state index in [0.29, 0.717) is 5.56 Å². The van der Waals surface area contributed by atoms with Crippen LogP contribution in [0.25, 0.3) is 0 Å². The van der Waals surface area contributed by atoms with Gasteiger partial charge in [-0.15, -0.1) is 0 Å². The molecule has 1 saturated heterocycles. The predicted molar refractivity (Wildman–Crippen MR) is 139 cm³/mol. The molecule has 0 bridgehead atoms. The number of likely N-dealkylation sites (tertiary alicyclic amines) is 1. The minimum Gasteiger partial charge on any atom is -0.349 e. The molecule has 4 rings (SSSR count). The van der Waals surface area contributed by atoms with Gasteiger partial charge < -0.3 is 5.32 Å². The molecule has 1 amide bonds. The first-order chi connectivity index (χ1) is 16.8. The summed E-state index contributed by atoms with van der Waals surface area (Å²) in [6, 6.07) is 22.7. The van der Waals surface area contributed by atoms with E-state index in [2.05, 4.69) is 46.1 Å². The average molecular weight is 492 g/mol. The Kier molecular flexibility index (Phi) is 8.00. The van der Waals surface area contributed by atoms with E-state index in [4.69, 9.17) is 0 Å². The zero-order valence-electron chi connectivity index (χ0n) is 20.3. The minimum absolute atomic E-state index is 0.0760. The summed E-state index contributed by atoms with van der Waals surface area (Å²) in [5.41, 5.74) is 4.59. The lowest BCUT2D eigenvalue weighted by Crippen LogP contribution is -2.44. The molecule has 0 spiro atoms. The van der Waals surface area contributed by atoms with Crippen molar-refractivity contribution in [3.05, 3.63) is 101 Å². The summed E-state index contributed by atoms with van der Waals surface area (Å²) in [5.74, 6) is -0.222. The van der Waals surface area contributed by atoms with Crippen molar-refractivity contribution < 1.29 is 13.2 Å². The van der Waals surface area contributed by atoms with Crippen molar-refractivity contribution in [2.45, 2.75) is 50.7 Å². The fraction of sp³-hybridized carbons (Fsp3) is 0.321. The second kappa shape index (κ2) is 11.2. The molecular weight excluding hydrogens is 458 g/mol. The normalized spacial score (nSPS) is 15.1. The van der Waals surface area contributed by atoms with Gasteiger partial charge in [-0.3, -0.25) is 9.69 Å². The molecule has 0 aromatic heterocycles. The van der Waals surface area contributed by atoms with Gasteiger partial charge in [0.05, 0.1) is 4.90 Å². The lowest BCUT2D eigenvalue weighted by Gasteiger charge is -2.32. The molecule has 35 heavy (non-hydrogen) atoms. The summed E-state index contributed by atoms with van der Waals surface area (Å²) in [6.45, 7) is 6.86. The molecule has 7 heteroatoms. The van der Waals surface area contributed by atoms with Gasteiger partial charge in [-0.25, -0.2) is 13.1 Å². The average Bonchev–Trinajstić information content (AvgIpc) is 2.85. The number of aryl methyl sites for hydroxylation is 2. The van der Waals surface area contributed by atoms with E-state index < -0.39 is 10.0 Å². The molecule has 1 heterocycles. The largest absolute Gasteiger partial charge is 0.349 e. The fourth-order valence-electron chi connectivity index (χ4n) is 4.44. The number of carbonyl (C=O) groups is 1. The number of sulfonamides is 1. The van der Waals surface area contributed by atoms with E-state index >= 15 is 0 Å². The molecule has 2 N–H and O–H groups in total. The molecule has 184 valence electrons. The van der Waals surface area contributed by atoms with Crippen molar-refractivity contribution in [3.63, 3.8) is 0 Å². The molecule has 0 unspecified atom stereocenters. The Balaban J connectivity index is 1.35. The highest BCUT2D eigenvalue weighted by atomic mass is 32.2. The fourth-order valence-corrected chi connectivity index (χ4v) is 5.48. The SMILES string of the molecule is Cc1cccc(CN2CCC(NC(=O)c3cc(S(=O)(=O)NCc4ccccc4)ccc3C)CC2)c1. The third kappa shape index (κ3) is 6.78. The number of hydrogen-bond acceptors (Lipinski definition) is 4. The third-order valence-corrected chi connectivity index (χ3v) is 7.88. The third-order valence-electron chi connectivity index (χ3n) is 6.48. The highest BCUT2D eigenvalue weighted by Gasteiger charge is 2.23. The van der Waals surface area contributed by atoms with Gasteiger partial charge in [0.2, 0.25) is 10.0 Å². The number of carbonyl (C=O) groups excluding carboxylic acids is 1. The monoisotopic (exact) mass is 491 g/mol. The van der Waals surface area contributed by atoms with Crippen LogP contribution in [0.5, 0.6) is 0 Å². The number of amides is 1. The van der Waals surface area contributed by atoms with Crippen molar-refractivity contribution in [2.24, 2.45) is 0 Å². The van der Waals surface area contributed by atoms with Crippen LogP contribution in [0.3, 0.4) is 0 Å². The zero-order chi connectivity index (χ0) is 24.8. The predicted octanol–water partition coefficient (Wildman–Crippen LogP) is 4.18. The van der Waals surface area contributed by atoms with Crippen LogP contribution in [-0.2, 0) is 23.1 Å².